The van der Waals surface area contributed by atoms with Crippen LogP contribution in [0.2, 0.25) is 5.02 Å². The molecule has 3 aromatic rings. The summed E-state index contributed by atoms with van der Waals surface area (Å²) in [6, 6.07) is 14.1. The molecule has 7 nitrogen and oxygen atoms in total. The van der Waals surface area contributed by atoms with E-state index in [0.717, 1.165) is 5.56 Å². The maximum absolute atomic E-state index is 12.4. The molecule has 0 saturated heterocycles. The largest absolute Gasteiger partial charge is 0.342 e. The summed E-state index contributed by atoms with van der Waals surface area (Å²) in [5.41, 5.74) is 2.18. The van der Waals surface area contributed by atoms with Crippen molar-refractivity contribution >= 4 is 40.9 Å². The lowest BCUT2D eigenvalue weighted by molar-refractivity contribution is -0.113. The molecule has 9 heteroatoms. The normalized spacial score (nSPS) is 11.7. The number of hydrogen-bond acceptors (Lipinski definition) is 5. The summed E-state index contributed by atoms with van der Waals surface area (Å²) in [5.74, 6) is 0.473. The number of anilines is 1. The number of amides is 2. The van der Waals surface area contributed by atoms with Crippen molar-refractivity contribution in [3.05, 3.63) is 70.5 Å². The van der Waals surface area contributed by atoms with Crippen molar-refractivity contribution in [1.29, 1.82) is 0 Å². The van der Waals surface area contributed by atoms with Gasteiger partial charge in [0.15, 0.2) is 11.0 Å². The van der Waals surface area contributed by atoms with Gasteiger partial charge < -0.3 is 15.2 Å². The molecule has 1 atom stereocenters. The maximum atomic E-state index is 12.4. The van der Waals surface area contributed by atoms with E-state index in [1.165, 1.54) is 11.8 Å². The number of aromatic nitrogens is 3. The highest BCUT2D eigenvalue weighted by Crippen LogP contribution is 2.23. The van der Waals surface area contributed by atoms with Gasteiger partial charge in [0.1, 0.15) is 0 Å². The highest BCUT2D eigenvalue weighted by atomic mass is 35.5. The Morgan fingerprint density at radius 2 is 1.90 bits per heavy atom. The van der Waals surface area contributed by atoms with Crippen LogP contribution < -0.4 is 10.6 Å². The molecule has 1 heterocycles. The lowest BCUT2D eigenvalue weighted by atomic mass is 10.2. The molecule has 3 rings (SSSR count). The Morgan fingerprint density at radius 3 is 2.58 bits per heavy atom. The van der Waals surface area contributed by atoms with Gasteiger partial charge in [-0.1, -0.05) is 47.6 Å². The summed E-state index contributed by atoms with van der Waals surface area (Å²) in [7, 11) is 0. The van der Waals surface area contributed by atoms with E-state index in [1.807, 2.05) is 55.7 Å². The summed E-state index contributed by atoms with van der Waals surface area (Å²) < 4.78 is 1.90. The Hall–Kier alpha value is -2.84. The number of benzene rings is 2. The SMILES string of the molecule is CCn1c(SCC(=O)Nc2ccc(C)c(Cl)c2)nnc1C(C)NC(=O)c1ccccc1. The number of carbonyl (C=O) groups is 2. The maximum Gasteiger partial charge on any atom is 0.251 e. The summed E-state index contributed by atoms with van der Waals surface area (Å²) in [4.78, 5) is 24.8. The van der Waals surface area contributed by atoms with E-state index in [9.17, 15) is 9.59 Å². The van der Waals surface area contributed by atoms with E-state index in [1.54, 1.807) is 18.2 Å². The van der Waals surface area contributed by atoms with Gasteiger partial charge in [-0.2, -0.15) is 0 Å². The molecular weight excluding hydrogens is 434 g/mol. The molecule has 2 amide bonds. The van der Waals surface area contributed by atoms with Crippen LogP contribution in [0.25, 0.3) is 0 Å². The predicted molar refractivity (Wildman–Crippen MR) is 124 cm³/mol. The van der Waals surface area contributed by atoms with Crippen molar-refractivity contribution in [2.75, 3.05) is 11.1 Å². The first-order valence-corrected chi connectivity index (χ1v) is 11.2. The van der Waals surface area contributed by atoms with Crippen molar-refractivity contribution in [2.24, 2.45) is 0 Å². The Bertz CT molecular complexity index is 1070. The van der Waals surface area contributed by atoms with Crippen molar-refractivity contribution in [3.63, 3.8) is 0 Å². The monoisotopic (exact) mass is 457 g/mol. The molecule has 0 radical (unpaired) electrons. The molecule has 1 aromatic heterocycles. The molecule has 0 fully saturated rings. The van der Waals surface area contributed by atoms with Crippen molar-refractivity contribution in [2.45, 2.75) is 38.5 Å². The fourth-order valence-electron chi connectivity index (χ4n) is 2.96. The number of carbonyl (C=O) groups excluding carboxylic acids is 2. The van der Waals surface area contributed by atoms with Crippen molar-refractivity contribution in [1.82, 2.24) is 20.1 Å². The molecule has 2 N–H and O–H groups in total. The van der Waals surface area contributed by atoms with Crippen LogP contribution in [0.3, 0.4) is 0 Å². The molecule has 0 spiro atoms. The number of halogens is 1. The second-order valence-electron chi connectivity index (χ2n) is 6.95. The van der Waals surface area contributed by atoms with E-state index in [-0.39, 0.29) is 23.6 Å². The highest BCUT2D eigenvalue weighted by molar-refractivity contribution is 7.99. The molecule has 0 aliphatic rings. The average Bonchev–Trinajstić information content (AvgIpc) is 3.18. The molecular formula is C22H24ClN5O2S. The van der Waals surface area contributed by atoms with Gasteiger partial charge in [0.25, 0.3) is 5.91 Å². The zero-order valence-electron chi connectivity index (χ0n) is 17.6. The summed E-state index contributed by atoms with van der Waals surface area (Å²) in [5, 5.41) is 15.5. The third-order valence-corrected chi connectivity index (χ3v) is 5.99. The van der Waals surface area contributed by atoms with Crippen LogP contribution >= 0.6 is 23.4 Å². The minimum absolute atomic E-state index is 0.164. The molecule has 0 aliphatic carbocycles. The second-order valence-corrected chi connectivity index (χ2v) is 8.30. The van der Waals surface area contributed by atoms with Crippen molar-refractivity contribution < 1.29 is 9.59 Å². The second kappa shape index (κ2) is 10.5. The Balaban J connectivity index is 1.62. The highest BCUT2D eigenvalue weighted by Gasteiger charge is 2.20. The van der Waals surface area contributed by atoms with E-state index in [0.29, 0.717) is 33.8 Å². The van der Waals surface area contributed by atoms with Crippen molar-refractivity contribution in [3.8, 4) is 0 Å². The number of nitrogens with one attached hydrogen (secondary N) is 2. The van der Waals surface area contributed by atoms with Crippen LogP contribution in [0, 0.1) is 6.92 Å². The molecule has 0 saturated carbocycles. The number of aryl methyl sites for hydroxylation is 1. The first kappa shape index (κ1) is 22.8. The molecule has 0 bridgehead atoms. The summed E-state index contributed by atoms with van der Waals surface area (Å²) in [6.45, 7) is 6.35. The third-order valence-electron chi connectivity index (χ3n) is 4.62. The van der Waals surface area contributed by atoms with Crippen LogP contribution in [0.1, 0.15) is 41.6 Å². The zero-order valence-corrected chi connectivity index (χ0v) is 19.1. The predicted octanol–water partition coefficient (Wildman–Crippen LogP) is 4.48. The fraction of sp³-hybridized carbons (Fsp3) is 0.273. The number of rotatable bonds is 8. The van der Waals surface area contributed by atoms with Gasteiger partial charge in [-0.3, -0.25) is 9.59 Å². The lowest BCUT2D eigenvalue weighted by Crippen LogP contribution is -2.28. The zero-order chi connectivity index (χ0) is 22.4. The standard InChI is InChI=1S/C22H24ClN5O2S/c1-4-28-20(15(3)24-21(30)16-8-6-5-7-9-16)26-27-22(28)31-13-19(29)25-17-11-10-14(2)18(23)12-17/h5-12,15H,4,13H2,1-3H3,(H,24,30)(H,25,29). The number of thioether (sulfide) groups is 1. The fourth-order valence-corrected chi connectivity index (χ4v) is 3.95. The minimum atomic E-state index is -0.335. The van der Waals surface area contributed by atoms with E-state index >= 15 is 0 Å². The van der Waals surface area contributed by atoms with Gasteiger partial charge in [-0.25, -0.2) is 0 Å². The smallest absolute Gasteiger partial charge is 0.251 e. The first-order chi connectivity index (χ1) is 14.9. The first-order valence-electron chi connectivity index (χ1n) is 9.86. The molecule has 0 aliphatic heterocycles. The molecule has 1 unspecified atom stereocenters. The quantitative estimate of drug-likeness (QED) is 0.487. The van der Waals surface area contributed by atoms with E-state index < -0.39 is 0 Å². The van der Waals surface area contributed by atoms with E-state index in [4.69, 9.17) is 11.6 Å². The van der Waals surface area contributed by atoms with Gasteiger partial charge in [0.05, 0.1) is 11.8 Å². The molecule has 31 heavy (non-hydrogen) atoms. The topological polar surface area (TPSA) is 88.9 Å². The summed E-state index contributed by atoms with van der Waals surface area (Å²) in [6.07, 6.45) is 0. The van der Waals surface area contributed by atoms with Crippen LogP contribution in [0.15, 0.2) is 53.7 Å². The Kier molecular flexibility index (Phi) is 7.70. The van der Waals surface area contributed by atoms with Crippen LogP contribution in [0.4, 0.5) is 5.69 Å². The molecule has 2 aromatic carbocycles. The van der Waals surface area contributed by atoms with Crippen LogP contribution in [0.5, 0.6) is 0 Å². The van der Waals surface area contributed by atoms with Gasteiger partial charge in [0, 0.05) is 22.8 Å². The average molecular weight is 458 g/mol. The number of hydrogen-bond donors (Lipinski definition) is 2. The summed E-state index contributed by atoms with van der Waals surface area (Å²) >= 11 is 7.40. The van der Waals surface area contributed by atoms with Gasteiger partial charge in [0.2, 0.25) is 5.91 Å². The van der Waals surface area contributed by atoms with E-state index in [2.05, 4.69) is 20.8 Å². The minimum Gasteiger partial charge on any atom is -0.342 e. The Morgan fingerprint density at radius 1 is 1.16 bits per heavy atom. The van der Waals surface area contributed by atoms with Crippen LogP contribution in [-0.4, -0.2) is 32.3 Å². The number of nitrogens with zero attached hydrogens (tertiary/aromatic N) is 3. The van der Waals surface area contributed by atoms with Gasteiger partial charge >= 0.3 is 0 Å². The Labute approximate surface area is 190 Å². The van der Waals surface area contributed by atoms with Gasteiger partial charge in [-0.05, 0) is 50.6 Å². The van der Waals surface area contributed by atoms with Crippen LogP contribution in [-0.2, 0) is 11.3 Å². The molecule has 162 valence electrons. The third kappa shape index (κ3) is 5.86. The lowest BCUT2D eigenvalue weighted by Gasteiger charge is -2.15. The van der Waals surface area contributed by atoms with Gasteiger partial charge in [-0.15, -0.1) is 10.2 Å².